The summed E-state index contributed by atoms with van der Waals surface area (Å²) in [6, 6.07) is 5.70. The number of nitrogens with zero attached hydrogens (tertiary/aromatic N) is 2. The Morgan fingerprint density at radius 2 is 2.42 bits per heavy atom. The molecule has 0 amide bonds. The van der Waals surface area contributed by atoms with Crippen molar-refractivity contribution in [3.8, 4) is 0 Å². The van der Waals surface area contributed by atoms with Gasteiger partial charge < -0.3 is 4.74 Å². The number of aliphatic imine (C=N–C) groups is 1. The molecule has 0 N–H and O–H groups in total. The van der Waals surface area contributed by atoms with Crippen LogP contribution in [0.3, 0.4) is 0 Å². The molecule has 12 heavy (non-hydrogen) atoms. The van der Waals surface area contributed by atoms with E-state index < -0.39 is 0 Å². The van der Waals surface area contributed by atoms with E-state index in [1.807, 2.05) is 25.1 Å². The van der Waals surface area contributed by atoms with E-state index in [4.69, 9.17) is 4.74 Å². The van der Waals surface area contributed by atoms with Crippen molar-refractivity contribution in [3.05, 3.63) is 30.1 Å². The van der Waals surface area contributed by atoms with Gasteiger partial charge in [0.2, 0.25) is 5.90 Å². The van der Waals surface area contributed by atoms with Gasteiger partial charge in [-0.2, -0.15) is 0 Å². The second-order valence-corrected chi connectivity index (χ2v) is 2.79. The summed E-state index contributed by atoms with van der Waals surface area (Å²) in [6.45, 7) is 2.74. The highest BCUT2D eigenvalue weighted by Crippen LogP contribution is 2.08. The molecule has 0 spiro atoms. The van der Waals surface area contributed by atoms with Crippen LogP contribution in [0.2, 0.25) is 0 Å². The quantitative estimate of drug-likeness (QED) is 0.622. The molecule has 2 rings (SSSR count). The van der Waals surface area contributed by atoms with E-state index >= 15 is 0 Å². The smallest absolute Gasteiger partial charge is 0.235 e. The molecule has 1 aromatic rings. The van der Waals surface area contributed by atoms with Crippen LogP contribution in [0.25, 0.3) is 0 Å². The molecule has 1 aliphatic rings. The average Bonchev–Trinajstić information content (AvgIpc) is 2.54. The van der Waals surface area contributed by atoms with Crippen molar-refractivity contribution in [1.82, 2.24) is 4.98 Å². The van der Waals surface area contributed by atoms with Gasteiger partial charge >= 0.3 is 0 Å². The molecule has 0 saturated carbocycles. The number of pyridine rings is 1. The second kappa shape index (κ2) is 2.93. The summed E-state index contributed by atoms with van der Waals surface area (Å²) < 4.78 is 5.43. The Bertz CT molecular complexity index is 295. The lowest BCUT2D eigenvalue weighted by atomic mass is 10.3. The number of rotatable bonds is 1. The molecule has 2 heterocycles. The first kappa shape index (κ1) is 7.28. The van der Waals surface area contributed by atoms with Gasteiger partial charge in [-0.15, -0.1) is 0 Å². The van der Waals surface area contributed by atoms with Crippen LogP contribution < -0.4 is 0 Å². The number of ether oxygens (including phenoxy) is 1. The van der Waals surface area contributed by atoms with Gasteiger partial charge in [0, 0.05) is 6.20 Å². The van der Waals surface area contributed by atoms with Gasteiger partial charge in [0.1, 0.15) is 11.8 Å². The first-order valence-electron chi connectivity index (χ1n) is 3.99. The normalized spacial score (nSPS) is 21.8. The van der Waals surface area contributed by atoms with Crippen LogP contribution in [-0.4, -0.2) is 23.5 Å². The van der Waals surface area contributed by atoms with Crippen LogP contribution in [-0.2, 0) is 4.74 Å². The fourth-order valence-corrected chi connectivity index (χ4v) is 1.11. The van der Waals surface area contributed by atoms with Gasteiger partial charge in [0.25, 0.3) is 0 Å². The Labute approximate surface area is 71.1 Å². The van der Waals surface area contributed by atoms with E-state index in [9.17, 15) is 0 Å². The predicted octanol–water partition coefficient (Wildman–Crippen LogP) is 1.25. The van der Waals surface area contributed by atoms with Crippen LogP contribution in [0.15, 0.2) is 29.4 Å². The van der Waals surface area contributed by atoms with Gasteiger partial charge in [-0.05, 0) is 19.1 Å². The molecule has 1 aliphatic heterocycles. The Morgan fingerprint density at radius 3 is 3.00 bits per heavy atom. The van der Waals surface area contributed by atoms with Crippen molar-refractivity contribution >= 4 is 5.90 Å². The third kappa shape index (κ3) is 1.30. The van der Waals surface area contributed by atoms with E-state index in [1.54, 1.807) is 6.20 Å². The lowest BCUT2D eigenvalue weighted by molar-refractivity contribution is 0.246. The van der Waals surface area contributed by atoms with Gasteiger partial charge in [0.15, 0.2) is 0 Å². The Kier molecular flexibility index (Phi) is 1.78. The summed E-state index contributed by atoms with van der Waals surface area (Å²) in [7, 11) is 0. The van der Waals surface area contributed by atoms with Crippen LogP contribution in [0, 0.1) is 0 Å². The van der Waals surface area contributed by atoms with Crippen LogP contribution in [0.1, 0.15) is 12.6 Å². The largest absolute Gasteiger partial charge is 0.471 e. The number of aromatic nitrogens is 1. The first-order valence-corrected chi connectivity index (χ1v) is 3.99. The fourth-order valence-electron chi connectivity index (χ4n) is 1.11. The Balaban J connectivity index is 2.22. The third-order valence-corrected chi connectivity index (χ3v) is 1.69. The minimum absolute atomic E-state index is 0.196. The topological polar surface area (TPSA) is 34.5 Å². The van der Waals surface area contributed by atoms with E-state index in [2.05, 4.69) is 9.98 Å². The van der Waals surface area contributed by atoms with Gasteiger partial charge in [-0.25, -0.2) is 4.99 Å². The van der Waals surface area contributed by atoms with Crippen molar-refractivity contribution in [2.45, 2.75) is 13.0 Å². The summed E-state index contributed by atoms with van der Waals surface area (Å²) in [5, 5.41) is 0. The monoisotopic (exact) mass is 162 g/mol. The van der Waals surface area contributed by atoms with Crippen molar-refractivity contribution in [2.24, 2.45) is 4.99 Å². The van der Waals surface area contributed by atoms with Crippen LogP contribution in [0.4, 0.5) is 0 Å². The molecule has 0 aromatic carbocycles. The van der Waals surface area contributed by atoms with Crippen molar-refractivity contribution in [2.75, 3.05) is 6.54 Å². The van der Waals surface area contributed by atoms with Crippen molar-refractivity contribution < 1.29 is 4.74 Å². The SMILES string of the molecule is C[C@H]1CN=C(c2ccccn2)O1. The molecule has 0 radical (unpaired) electrons. The minimum Gasteiger partial charge on any atom is -0.471 e. The minimum atomic E-state index is 0.196. The fraction of sp³-hybridized carbons (Fsp3) is 0.333. The van der Waals surface area contributed by atoms with Crippen LogP contribution >= 0.6 is 0 Å². The zero-order chi connectivity index (χ0) is 8.39. The van der Waals surface area contributed by atoms with E-state index in [0.717, 1.165) is 12.2 Å². The highest BCUT2D eigenvalue weighted by molar-refractivity contribution is 5.93. The summed E-state index contributed by atoms with van der Waals surface area (Å²) in [5.41, 5.74) is 0.821. The molecule has 0 fully saturated rings. The highest BCUT2D eigenvalue weighted by atomic mass is 16.5. The number of hydrogen-bond donors (Lipinski definition) is 0. The third-order valence-electron chi connectivity index (χ3n) is 1.69. The molecule has 62 valence electrons. The summed E-state index contributed by atoms with van der Waals surface area (Å²) in [5.74, 6) is 0.670. The molecule has 1 aromatic heterocycles. The lowest BCUT2D eigenvalue weighted by Gasteiger charge is -2.03. The highest BCUT2D eigenvalue weighted by Gasteiger charge is 2.16. The summed E-state index contributed by atoms with van der Waals surface area (Å²) >= 11 is 0. The Morgan fingerprint density at radius 1 is 1.50 bits per heavy atom. The van der Waals surface area contributed by atoms with E-state index in [-0.39, 0.29) is 6.10 Å². The molecule has 1 atom stereocenters. The summed E-state index contributed by atoms with van der Waals surface area (Å²) in [4.78, 5) is 8.36. The maximum Gasteiger partial charge on any atom is 0.235 e. The molecule has 0 bridgehead atoms. The standard InChI is InChI=1S/C9H10N2O/c1-7-6-11-9(12-7)8-4-2-3-5-10-8/h2-5,7H,6H2,1H3/t7-/m0/s1. The van der Waals surface area contributed by atoms with Crippen molar-refractivity contribution in [1.29, 1.82) is 0 Å². The van der Waals surface area contributed by atoms with Crippen molar-refractivity contribution in [3.63, 3.8) is 0 Å². The average molecular weight is 162 g/mol. The Hall–Kier alpha value is -1.38. The van der Waals surface area contributed by atoms with E-state index in [1.165, 1.54) is 0 Å². The maximum atomic E-state index is 5.43. The molecule has 3 heteroatoms. The first-order chi connectivity index (χ1) is 5.86. The second-order valence-electron chi connectivity index (χ2n) is 2.79. The van der Waals surface area contributed by atoms with Gasteiger partial charge in [0.05, 0.1) is 6.54 Å². The van der Waals surface area contributed by atoms with Gasteiger partial charge in [-0.3, -0.25) is 4.98 Å². The maximum absolute atomic E-state index is 5.43. The molecule has 0 saturated heterocycles. The lowest BCUT2D eigenvalue weighted by Crippen LogP contribution is -2.09. The summed E-state index contributed by atoms with van der Waals surface area (Å²) in [6.07, 6.45) is 1.94. The van der Waals surface area contributed by atoms with Crippen LogP contribution in [0.5, 0.6) is 0 Å². The number of hydrogen-bond acceptors (Lipinski definition) is 3. The van der Waals surface area contributed by atoms with E-state index in [0.29, 0.717) is 5.90 Å². The zero-order valence-electron chi connectivity index (χ0n) is 6.90. The molecule has 3 nitrogen and oxygen atoms in total. The molecule has 0 aliphatic carbocycles. The molecular formula is C9H10N2O. The molecule has 0 unspecified atom stereocenters. The predicted molar refractivity (Wildman–Crippen MR) is 46.2 cm³/mol. The van der Waals surface area contributed by atoms with Gasteiger partial charge in [-0.1, -0.05) is 6.07 Å². The zero-order valence-corrected chi connectivity index (χ0v) is 6.90. The molecular weight excluding hydrogens is 152 g/mol.